The fourth-order valence-electron chi connectivity index (χ4n) is 2.60. The van der Waals surface area contributed by atoms with Crippen LogP contribution in [0, 0.1) is 5.41 Å². The first-order chi connectivity index (χ1) is 9.15. The molecule has 2 heterocycles. The second-order valence-corrected chi connectivity index (χ2v) is 5.20. The largest absolute Gasteiger partial charge is 0.492 e. The third kappa shape index (κ3) is 1.85. The summed E-state index contributed by atoms with van der Waals surface area (Å²) in [5.74, 6) is 0.679. The molecule has 5 heteroatoms. The van der Waals surface area contributed by atoms with Gasteiger partial charge in [0.25, 0.3) is 0 Å². The number of anilines is 2. The number of nitrogens with one attached hydrogen (secondary N) is 2. The third-order valence-electron chi connectivity index (χ3n) is 3.87. The van der Waals surface area contributed by atoms with Crippen LogP contribution in [0.3, 0.4) is 0 Å². The van der Waals surface area contributed by atoms with Gasteiger partial charge in [-0.3, -0.25) is 4.79 Å². The minimum absolute atomic E-state index is 0.00868. The van der Waals surface area contributed by atoms with E-state index >= 15 is 0 Å². The van der Waals surface area contributed by atoms with E-state index in [1.807, 2.05) is 32.0 Å². The molecule has 2 N–H and O–H groups in total. The number of amides is 1. The quantitative estimate of drug-likeness (QED) is 0.854. The molecule has 0 spiro atoms. The fourth-order valence-corrected chi connectivity index (χ4v) is 2.60. The van der Waals surface area contributed by atoms with Crippen LogP contribution in [0.4, 0.5) is 11.4 Å². The number of carbonyl (C=O) groups excluding carboxylic acids is 1. The minimum Gasteiger partial charge on any atom is -0.492 e. The summed E-state index contributed by atoms with van der Waals surface area (Å²) in [7, 11) is 0. The Bertz CT molecular complexity index is 517. The van der Waals surface area contributed by atoms with Crippen LogP contribution in [0.1, 0.15) is 13.8 Å². The molecule has 2 aliphatic heterocycles. The number of benzene rings is 1. The Morgan fingerprint density at radius 1 is 1.53 bits per heavy atom. The highest BCUT2D eigenvalue weighted by molar-refractivity contribution is 6.02. The average Bonchev–Trinajstić information content (AvgIpc) is 2.72. The highest BCUT2D eigenvalue weighted by Gasteiger charge is 2.48. The van der Waals surface area contributed by atoms with Crippen molar-refractivity contribution >= 4 is 17.3 Å². The van der Waals surface area contributed by atoms with Gasteiger partial charge in [-0.1, -0.05) is 6.07 Å². The van der Waals surface area contributed by atoms with Gasteiger partial charge in [0.05, 0.1) is 37.0 Å². The SMILES string of the molecule is CCOc1cccc2c1NC(=O)C1(C)COCC1N2. The topological polar surface area (TPSA) is 59.6 Å². The summed E-state index contributed by atoms with van der Waals surface area (Å²) < 4.78 is 11.0. The molecule has 0 aliphatic carbocycles. The van der Waals surface area contributed by atoms with Gasteiger partial charge in [0.1, 0.15) is 11.4 Å². The Labute approximate surface area is 112 Å². The van der Waals surface area contributed by atoms with Gasteiger partial charge < -0.3 is 20.1 Å². The monoisotopic (exact) mass is 262 g/mol. The van der Waals surface area contributed by atoms with E-state index in [0.29, 0.717) is 25.6 Å². The molecule has 0 aromatic heterocycles. The van der Waals surface area contributed by atoms with Crippen LogP contribution in [-0.4, -0.2) is 31.8 Å². The summed E-state index contributed by atoms with van der Waals surface area (Å²) >= 11 is 0. The Balaban J connectivity index is 2.03. The summed E-state index contributed by atoms with van der Waals surface area (Å²) in [6, 6.07) is 5.72. The van der Waals surface area contributed by atoms with Crippen LogP contribution in [0.25, 0.3) is 0 Å². The highest BCUT2D eigenvalue weighted by atomic mass is 16.5. The molecule has 1 fully saturated rings. The van der Waals surface area contributed by atoms with E-state index in [2.05, 4.69) is 10.6 Å². The summed E-state index contributed by atoms with van der Waals surface area (Å²) in [4.78, 5) is 12.5. The van der Waals surface area contributed by atoms with Crippen LogP contribution in [-0.2, 0) is 9.53 Å². The Morgan fingerprint density at radius 3 is 3.16 bits per heavy atom. The van der Waals surface area contributed by atoms with Crippen LogP contribution in [0.2, 0.25) is 0 Å². The van der Waals surface area contributed by atoms with Gasteiger partial charge in [0.15, 0.2) is 0 Å². The number of para-hydroxylation sites is 1. The number of hydrogen-bond donors (Lipinski definition) is 2. The molecule has 1 aromatic rings. The van der Waals surface area contributed by atoms with Crippen molar-refractivity contribution < 1.29 is 14.3 Å². The molecule has 1 aromatic carbocycles. The zero-order valence-electron chi connectivity index (χ0n) is 11.2. The summed E-state index contributed by atoms with van der Waals surface area (Å²) in [6.45, 7) is 5.40. The zero-order valence-corrected chi connectivity index (χ0v) is 11.2. The lowest BCUT2D eigenvalue weighted by atomic mass is 9.84. The van der Waals surface area contributed by atoms with E-state index in [9.17, 15) is 4.79 Å². The van der Waals surface area contributed by atoms with E-state index in [4.69, 9.17) is 9.47 Å². The van der Waals surface area contributed by atoms with E-state index in [-0.39, 0.29) is 11.9 Å². The molecule has 1 amide bonds. The molecule has 0 radical (unpaired) electrons. The van der Waals surface area contributed by atoms with E-state index in [0.717, 1.165) is 11.4 Å². The van der Waals surface area contributed by atoms with Gasteiger partial charge >= 0.3 is 0 Å². The van der Waals surface area contributed by atoms with Crippen molar-refractivity contribution in [3.05, 3.63) is 18.2 Å². The second kappa shape index (κ2) is 4.42. The molecule has 0 saturated carbocycles. The summed E-state index contributed by atoms with van der Waals surface area (Å²) in [5, 5.41) is 6.38. The van der Waals surface area contributed by atoms with Gasteiger partial charge in [0.2, 0.25) is 5.91 Å². The van der Waals surface area contributed by atoms with Crippen molar-refractivity contribution in [1.29, 1.82) is 0 Å². The molecular formula is C14H18N2O3. The molecular weight excluding hydrogens is 244 g/mol. The maximum atomic E-state index is 12.5. The van der Waals surface area contributed by atoms with Gasteiger partial charge in [-0.2, -0.15) is 0 Å². The number of carbonyl (C=O) groups is 1. The molecule has 5 nitrogen and oxygen atoms in total. The van der Waals surface area contributed by atoms with Gasteiger partial charge in [0, 0.05) is 0 Å². The van der Waals surface area contributed by atoms with Gasteiger partial charge in [-0.05, 0) is 26.0 Å². The smallest absolute Gasteiger partial charge is 0.234 e. The maximum absolute atomic E-state index is 12.5. The lowest BCUT2D eigenvalue weighted by molar-refractivity contribution is -0.124. The first kappa shape index (κ1) is 12.3. The van der Waals surface area contributed by atoms with Crippen LogP contribution in [0.5, 0.6) is 5.75 Å². The lowest BCUT2D eigenvalue weighted by Gasteiger charge is -2.25. The van der Waals surface area contributed by atoms with Gasteiger partial charge in [-0.15, -0.1) is 0 Å². The first-order valence-electron chi connectivity index (χ1n) is 6.56. The minimum atomic E-state index is -0.539. The van der Waals surface area contributed by atoms with Crippen molar-refractivity contribution in [2.24, 2.45) is 5.41 Å². The standard InChI is InChI=1S/C14H18N2O3/c1-3-19-10-6-4-5-9-12(10)16-13(17)14(2)8-18-7-11(14)15-9/h4-6,11,15H,3,7-8H2,1-2H3,(H,16,17). The van der Waals surface area contributed by atoms with Crippen molar-refractivity contribution in [2.75, 3.05) is 30.5 Å². The molecule has 19 heavy (non-hydrogen) atoms. The van der Waals surface area contributed by atoms with Crippen LogP contribution < -0.4 is 15.4 Å². The van der Waals surface area contributed by atoms with Crippen molar-refractivity contribution in [1.82, 2.24) is 0 Å². The molecule has 2 aliphatic rings. The summed E-state index contributed by atoms with van der Waals surface area (Å²) in [5.41, 5.74) is 1.08. The number of rotatable bonds is 2. The van der Waals surface area contributed by atoms with Crippen molar-refractivity contribution in [3.8, 4) is 5.75 Å². The van der Waals surface area contributed by atoms with E-state index in [1.165, 1.54) is 0 Å². The number of ether oxygens (including phenoxy) is 2. The Kier molecular flexibility index (Phi) is 2.86. The van der Waals surface area contributed by atoms with Crippen molar-refractivity contribution in [3.63, 3.8) is 0 Å². The molecule has 1 saturated heterocycles. The predicted octanol–water partition coefficient (Wildman–Crippen LogP) is 1.85. The molecule has 102 valence electrons. The van der Waals surface area contributed by atoms with Crippen LogP contribution in [0.15, 0.2) is 18.2 Å². The average molecular weight is 262 g/mol. The van der Waals surface area contributed by atoms with E-state index in [1.54, 1.807) is 0 Å². The molecule has 2 unspecified atom stereocenters. The second-order valence-electron chi connectivity index (χ2n) is 5.20. The molecule has 0 bridgehead atoms. The fraction of sp³-hybridized carbons (Fsp3) is 0.500. The van der Waals surface area contributed by atoms with Crippen LogP contribution >= 0.6 is 0 Å². The Morgan fingerprint density at radius 2 is 2.37 bits per heavy atom. The van der Waals surface area contributed by atoms with Gasteiger partial charge in [-0.25, -0.2) is 0 Å². The molecule has 3 rings (SSSR count). The zero-order chi connectivity index (χ0) is 13.5. The number of fused-ring (bicyclic) bond motifs is 2. The predicted molar refractivity (Wildman–Crippen MR) is 72.6 cm³/mol. The third-order valence-corrected chi connectivity index (χ3v) is 3.87. The molecule has 2 atom stereocenters. The van der Waals surface area contributed by atoms with Crippen molar-refractivity contribution in [2.45, 2.75) is 19.9 Å². The number of hydrogen-bond acceptors (Lipinski definition) is 4. The lowest BCUT2D eigenvalue weighted by Crippen LogP contribution is -2.44. The first-order valence-corrected chi connectivity index (χ1v) is 6.56. The Hall–Kier alpha value is -1.75. The highest BCUT2D eigenvalue weighted by Crippen LogP contribution is 2.41. The normalized spacial score (nSPS) is 28.7. The maximum Gasteiger partial charge on any atom is 0.234 e. The summed E-state index contributed by atoms with van der Waals surface area (Å²) in [6.07, 6.45) is 0. The van der Waals surface area contributed by atoms with E-state index < -0.39 is 5.41 Å².